The van der Waals surface area contributed by atoms with Crippen molar-refractivity contribution >= 4 is 46.6 Å². The summed E-state index contributed by atoms with van der Waals surface area (Å²) >= 11 is 2.01. The lowest BCUT2D eigenvalue weighted by Gasteiger charge is -2.41. The zero-order valence-electron chi connectivity index (χ0n) is 34.0. The number of aromatic nitrogens is 2. The lowest BCUT2D eigenvalue weighted by molar-refractivity contribution is -0.229. The normalized spacial score (nSPS) is 14.9. The fourth-order valence-corrected chi connectivity index (χ4v) is 6.40. The molecule has 61 heavy (non-hydrogen) atoms. The summed E-state index contributed by atoms with van der Waals surface area (Å²) in [7, 11) is 0.932. The third-order valence-corrected chi connectivity index (χ3v) is 10.4. The number of halogens is 8. The molecule has 0 spiro atoms. The molecule has 0 unspecified atom stereocenters. The summed E-state index contributed by atoms with van der Waals surface area (Å²) < 4.78 is 112. The van der Waals surface area contributed by atoms with Crippen molar-refractivity contribution in [2.24, 2.45) is 10.8 Å². The van der Waals surface area contributed by atoms with Gasteiger partial charge in [-0.3, -0.25) is 19.9 Å². The molecule has 22 heteroatoms. The Hall–Kier alpha value is -4.71. The number of rotatable bonds is 17. The van der Waals surface area contributed by atoms with Crippen LogP contribution in [0, 0.1) is 26.0 Å². The molecule has 336 valence electrons. The summed E-state index contributed by atoms with van der Waals surface area (Å²) in [5.74, 6) is -4.70. The minimum absolute atomic E-state index is 0.186. The van der Waals surface area contributed by atoms with Crippen LogP contribution in [0.3, 0.4) is 0 Å². The maximum atomic E-state index is 15.7. The van der Waals surface area contributed by atoms with Gasteiger partial charge in [0.15, 0.2) is 0 Å². The molecule has 4 rings (SSSR count). The number of hydrazine groups is 1. The Morgan fingerprint density at radius 2 is 1.57 bits per heavy atom. The van der Waals surface area contributed by atoms with Crippen LogP contribution in [0.1, 0.15) is 65.1 Å². The van der Waals surface area contributed by atoms with E-state index >= 15 is 8.78 Å². The molecule has 1 aliphatic rings. The van der Waals surface area contributed by atoms with Crippen LogP contribution in [-0.2, 0) is 32.2 Å². The number of ether oxygens (including phenoxy) is 2. The van der Waals surface area contributed by atoms with Crippen LogP contribution in [0.15, 0.2) is 48.7 Å². The molecule has 4 amide bonds. The third kappa shape index (κ3) is 13.1. The van der Waals surface area contributed by atoms with E-state index in [-0.39, 0.29) is 22.0 Å². The van der Waals surface area contributed by atoms with E-state index in [1.807, 2.05) is 22.6 Å². The Morgan fingerprint density at radius 1 is 0.967 bits per heavy atom. The number of methoxy groups -OCH3 is 1. The monoisotopic (exact) mass is 985 g/mol. The zero-order valence-corrected chi connectivity index (χ0v) is 36.1. The van der Waals surface area contributed by atoms with E-state index in [9.17, 15) is 46.2 Å². The molecule has 0 aliphatic heterocycles. The molecular formula is C39H47F7IN7O7. The van der Waals surface area contributed by atoms with Gasteiger partial charge in [-0.1, -0.05) is 32.9 Å². The highest BCUT2D eigenvalue weighted by Gasteiger charge is 2.58. The molecule has 0 bridgehead atoms. The maximum absolute atomic E-state index is 15.7. The maximum Gasteiger partial charge on any atom is 0.410 e. The van der Waals surface area contributed by atoms with Crippen molar-refractivity contribution < 1.29 is 64.5 Å². The van der Waals surface area contributed by atoms with Gasteiger partial charge in [-0.05, 0) is 90.6 Å². The van der Waals surface area contributed by atoms with E-state index in [1.54, 1.807) is 45.0 Å². The quantitative estimate of drug-likeness (QED) is 0.0657. The van der Waals surface area contributed by atoms with Gasteiger partial charge in [0, 0.05) is 47.1 Å². The first-order valence-electron chi connectivity index (χ1n) is 18.8. The minimum atomic E-state index is -5.05. The van der Waals surface area contributed by atoms with Crippen LogP contribution in [-0.4, -0.2) is 99.5 Å². The van der Waals surface area contributed by atoms with Crippen molar-refractivity contribution in [2.45, 2.75) is 97.6 Å². The number of nitrogens with one attached hydrogen (secondary N) is 3. The number of benzene rings is 2. The lowest BCUT2D eigenvalue weighted by Crippen LogP contribution is -2.61. The number of alkyl halides is 5. The molecule has 1 aromatic heterocycles. The highest BCUT2D eigenvalue weighted by Crippen LogP contribution is 2.43. The Kier molecular flexibility index (Phi) is 16.0. The number of hydrogen-bond acceptors (Lipinski definition) is 9. The van der Waals surface area contributed by atoms with Crippen LogP contribution >= 0.6 is 22.6 Å². The SMILES string of the molecule is COC(=O)N(Cc1ccc(I)cc1)[C@H](C(=O)NC[C@H](O)CN(Cc1c(F)cc(-c2ccn(C(F)F)n2)cc1F)NC(=O)[C@@H](NC(=O)OC1CC1)C(C)(C)C)C(C)(C)C(F)(F)F. The average molecular weight is 986 g/mol. The van der Waals surface area contributed by atoms with Crippen molar-refractivity contribution in [1.82, 2.24) is 35.7 Å². The highest BCUT2D eigenvalue weighted by molar-refractivity contribution is 14.1. The molecule has 1 heterocycles. The van der Waals surface area contributed by atoms with Crippen LogP contribution in [0.4, 0.5) is 40.3 Å². The molecule has 0 radical (unpaired) electrons. The first-order chi connectivity index (χ1) is 28.3. The van der Waals surface area contributed by atoms with E-state index in [0.29, 0.717) is 37.2 Å². The van der Waals surface area contributed by atoms with Crippen molar-refractivity contribution in [3.63, 3.8) is 0 Å². The van der Waals surface area contributed by atoms with Gasteiger partial charge in [0.1, 0.15) is 29.8 Å². The van der Waals surface area contributed by atoms with Gasteiger partial charge in [-0.25, -0.2) is 28.1 Å². The molecule has 3 aromatic rings. The fraction of sp³-hybridized carbons (Fsp3) is 0.513. The number of hydrogen-bond donors (Lipinski definition) is 4. The Balaban J connectivity index is 1.63. The van der Waals surface area contributed by atoms with Crippen molar-refractivity contribution in [3.05, 3.63) is 75.0 Å². The molecule has 14 nitrogen and oxygen atoms in total. The topological polar surface area (TPSA) is 167 Å². The molecule has 1 aliphatic carbocycles. The van der Waals surface area contributed by atoms with Crippen LogP contribution < -0.4 is 16.1 Å². The molecule has 3 atom stereocenters. The number of aliphatic hydroxyl groups is 1. The van der Waals surface area contributed by atoms with Crippen LogP contribution in [0.25, 0.3) is 11.3 Å². The van der Waals surface area contributed by atoms with E-state index in [4.69, 9.17) is 9.47 Å². The number of nitrogens with zero attached hydrogens (tertiary/aromatic N) is 4. The van der Waals surface area contributed by atoms with Gasteiger partial charge in [0.2, 0.25) is 5.91 Å². The largest absolute Gasteiger partial charge is 0.453 e. The number of amides is 4. The molecule has 1 fully saturated rings. The summed E-state index contributed by atoms with van der Waals surface area (Å²) in [6.45, 7) is 0.380. The summed E-state index contributed by atoms with van der Waals surface area (Å²) in [6, 6.07) is 5.54. The van der Waals surface area contributed by atoms with Crippen molar-refractivity contribution in [3.8, 4) is 11.3 Å². The molecule has 4 N–H and O–H groups in total. The average Bonchev–Trinajstić information content (AvgIpc) is 3.82. The second-order valence-electron chi connectivity index (χ2n) is 16.0. The van der Waals surface area contributed by atoms with Gasteiger partial charge in [0.05, 0.1) is 24.3 Å². The summed E-state index contributed by atoms with van der Waals surface area (Å²) in [5.41, 5.74) is -2.17. The summed E-state index contributed by atoms with van der Waals surface area (Å²) in [5, 5.41) is 20.4. The zero-order chi connectivity index (χ0) is 45.6. The highest BCUT2D eigenvalue weighted by atomic mass is 127. The molecular weight excluding hydrogens is 938 g/mol. The van der Waals surface area contributed by atoms with Crippen molar-refractivity contribution in [2.75, 3.05) is 20.2 Å². The van der Waals surface area contributed by atoms with Gasteiger partial charge in [-0.2, -0.15) is 27.1 Å². The number of carbonyl (C=O) groups excluding carboxylic acids is 4. The molecule has 1 saturated carbocycles. The summed E-state index contributed by atoms with van der Waals surface area (Å²) in [6.07, 6.45) is -7.15. The van der Waals surface area contributed by atoms with Crippen molar-refractivity contribution in [1.29, 1.82) is 0 Å². The fourth-order valence-electron chi connectivity index (χ4n) is 6.04. The van der Waals surface area contributed by atoms with Gasteiger partial charge < -0.3 is 25.2 Å². The number of alkyl carbamates (subject to hydrolysis) is 1. The lowest BCUT2D eigenvalue weighted by atomic mass is 9.81. The van der Waals surface area contributed by atoms with Gasteiger partial charge in [0.25, 0.3) is 5.91 Å². The Bertz CT molecular complexity index is 2000. The Morgan fingerprint density at radius 3 is 2.08 bits per heavy atom. The Labute approximate surface area is 360 Å². The van der Waals surface area contributed by atoms with Crippen LogP contribution in [0.5, 0.6) is 0 Å². The van der Waals surface area contributed by atoms with Crippen LogP contribution in [0.2, 0.25) is 0 Å². The standard InChI is InChI=1S/C39H47F7IN7O7/c1-37(2,3)30(49-35(58)61-25-11-12-25)32(56)51-52(20-26-27(40)15-22(16-28(26)41)29-13-14-54(50-29)34(42)43)19-24(55)17-48-33(57)31(38(4,5)39(44,45)46)53(36(59)60-6)18-21-7-9-23(47)10-8-21/h7-10,13-16,24-25,30-31,34,55H,11-12,17-20H2,1-6H3,(H,48,57)(H,49,58)(H,51,56)/t24-,30+,31+/m0/s1. The first kappa shape index (κ1) is 49.0. The predicted molar refractivity (Wildman–Crippen MR) is 213 cm³/mol. The predicted octanol–water partition coefficient (Wildman–Crippen LogP) is 6.67. The van der Waals surface area contributed by atoms with E-state index in [1.165, 1.54) is 0 Å². The van der Waals surface area contributed by atoms with E-state index in [2.05, 4.69) is 21.2 Å². The van der Waals surface area contributed by atoms with E-state index < -0.39 is 109 Å². The summed E-state index contributed by atoms with van der Waals surface area (Å²) in [4.78, 5) is 53.8. The van der Waals surface area contributed by atoms with Gasteiger partial charge in [-0.15, -0.1) is 0 Å². The smallest absolute Gasteiger partial charge is 0.410 e. The molecule has 2 aromatic carbocycles. The third-order valence-electron chi connectivity index (χ3n) is 9.64. The first-order valence-corrected chi connectivity index (χ1v) is 19.9. The minimum Gasteiger partial charge on any atom is -0.453 e. The van der Waals surface area contributed by atoms with E-state index in [0.717, 1.165) is 40.1 Å². The number of carbonyl (C=O) groups is 4. The number of aliphatic hydroxyl groups excluding tert-OH is 1. The second kappa shape index (κ2) is 20.0. The molecule has 0 saturated heterocycles. The van der Waals surface area contributed by atoms with Gasteiger partial charge >= 0.3 is 24.9 Å². The second-order valence-corrected chi connectivity index (χ2v) is 17.3.